The first kappa shape index (κ1) is 28.5. The SMILES string of the molecule is NC12CCC(N)(CC1)CC2.O=C=NC12CCC(N=C=O)(CC1)CC2.[CH3-].[I][V]([I])[I]. The van der Waals surface area contributed by atoms with Crippen LogP contribution in [0.25, 0.3) is 0 Å². The van der Waals surface area contributed by atoms with Gasteiger partial charge in [-0.1, -0.05) is 0 Å². The van der Waals surface area contributed by atoms with Crippen molar-refractivity contribution in [1.82, 2.24) is 0 Å². The first-order valence-electron chi connectivity index (χ1n) is 9.63. The Hall–Kier alpha value is 1.45. The topological polar surface area (TPSA) is 111 Å². The molecule has 0 aromatic carbocycles. The van der Waals surface area contributed by atoms with Crippen LogP contribution in [0, 0.1) is 7.43 Å². The molecule has 166 valence electrons. The van der Waals surface area contributed by atoms with Crippen molar-refractivity contribution in [2.45, 2.75) is 99.2 Å². The van der Waals surface area contributed by atoms with Crippen molar-refractivity contribution in [2.24, 2.45) is 21.5 Å². The van der Waals surface area contributed by atoms with Gasteiger partial charge in [0, 0.05) is 11.1 Å². The number of isocyanates is 2. The molecule has 10 heteroatoms. The average Bonchev–Trinajstić information content (AvgIpc) is 2.65. The van der Waals surface area contributed by atoms with Gasteiger partial charge in [-0.25, -0.2) is 9.59 Å². The van der Waals surface area contributed by atoms with Crippen LogP contribution in [-0.4, -0.2) is 34.3 Å². The summed E-state index contributed by atoms with van der Waals surface area (Å²) < 4.78 is 0. The van der Waals surface area contributed by atoms with E-state index in [1.165, 1.54) is 0 Å². The second-order valence-electron chi connectivity index (χ2n) is 8.77. The second kappa shape index (κ2) is 12.1. The molecule has 4 N–H and O–H groups in total. The molecule has 6 saturated carbocycles. The quantitative estimate of drug-likeness (QED) is 0.170. The van der Waals surface area contributed by atoms with Crippen molar-refractivity contribution in [3.05, 3.63) is 7.43 Å². The van der Waals surface area contributed by atoms with Crippen molar-refractivity contribution in [3.63, 3.8) is 0 Å². The normalized spacial score (nSPS) is 38.8. The Kier molecular flexibility index (Phi) is 11.9. The third kappa shape index (κ3) is 8.39. The molecule has 6 nitrogen and oxygen atoms in total. The van der Waals surface area contributed by atoms with Crippen molar-refractivity contribution in [3.8, 4) is 0 Å². The van der Waals surface area contributed by atoms with Crippen LogP contribution in [0.4, 0.5) is 0 Å². The summed E-state index contributed by atoms with van der Waals surface area (Å²) in [5.74, 6) is 0. The molecule has 0 spiro atoms. The summed E-state index contributed by atoms with van der Waals surface area (Å²) in [6.45, 7) is 0. The number of rotatable bonds is 2. The number of carbonyl (C=O) groups excluding carboxylic acids is 2. The van der Waals surface area contributed by atoms with Crippen molar-refractivity contribution < 1.29 is 14.5 Å². The number of nitrogens with two attached hydrogens (primary N) is 2. The number of aliphatic imine (C=N–C) groups is 2. The summed E-state index contributed by atoms with van der Waals surface area (Å²) in [5, 5.41) is 0. The van der Waals surface area contributed by atoms with E-state index < -0.39 is 0 Å². The predicted molar refractivity (Wildman–Crippen MR) is 139 cm³/mol. The van der Waals surface area contributed by atoms with E-state index in [4.69, 9.17) is 11.5 Å². The summed E-state index contributed by atoms with van der Waals surface area (Å²) >= 11 is 7.39. The maximum absolute atomic E-state index is 10.3. The molecule has 0 amide bonds. The molecule has 0 aromatic rings. The van der Waals surface area contributed by atoms with Gasteiger partial charge in [0.1, 0.15) is 0 Å². The van der Waals surface area contributed by atoms with Crippen LogP contribution < -0.4 is 11.5 Å². The molecule has 29 heavy (non-hydrogen) atoms. The molecular formula is C19H31I3N4O2V-. The molecule has 0 aromatic heterocycles. The van der Waals surface area contributed by atoms with Gasteiger partial charge in [-0.3, -0.25) is 0 Å². The summed E-state index contributed by atoms with van der Waals surface area (Å²) in [5.41, 5.74) is 12.2. The van der Waals surface area contributed by atoms with Crippen LogP contribution >= 0.6 is 59.9 Å². The number of nitrogens with zero attached hydrogens (tertiary/aromatic N) is 2. The standard InChI is InChI=1S/C10H12N2O2.C8H16N2.CH3.3HI.V/c13-7-11-9-1-2-10(5-3-9,6-4-9)12-8-14;9-7-1-2-8(10,5-3-7)6-4-7;;;;;/h1-6H2;1-6,9-10H2;1H3;3*1H;/q;;-1;;;;+3/p-3. The Bertz CT molecular complexity index is 548. The van der Waals surface area contributed by atoms with Crippen molar-refractivity contribution in [2.75, 3.05) is 0 Å². The molecule has 0 aliphatic heterocycles. The zero-order valence-electron chi connectivity index (χ0n) is 16.9. The van der Waals surface area contributed by atoms with Gasteiger partial charge in [0.05, 0.1) is 11.1 Å². The van der Waals surface area contributed by atoms with Crippen LogP contribution in [0.5, 0.6) is 0 Å². The number of halogens is 3. The molecule has 0 radical (unpaired) electrons. The van der Waals surface area contributed by atoms with E-state index in [1.54, 1.807) is 12.2 Å². The Morgan fingerprint density at radius 2 is 0.828 bits per heavy atom. The maximum atomic E-state index is 10.3. The molecule has 6 aliphatic carbocycles. The fraction of sp³-hybridized carbons (Fsp3) is 0.842. The van der Waals surface area contributed by atoms with Crippen molar-refractivity contribution >= 4 is 72.1 Å². The summed E-state index contributed by atoms with van der Waals surface area (Å²) in [7, 11) is 0. The third-order valence-electron chi connectivity index (χ3n) is 7.10. The first-order valence-corrected chi connectivity index (χ1v) is 23.1. The predicted octanol–water partition coefficient (Wildman–Crippen LogP) is 5.36. The minimum absolute atomic E-state index is 0. The van der Waals surface area contributed by atoms with Crippen LogP contribution in [0.2, 0.25) is 0 Å². The van der Waals surface area contributed by atoms with E-state index in [2.05, 4.69) is 69.9 Å². The van der Waals surface area contributed by atoms with Gasteiger partial charge in [-0.15, -0.1) is 0 Å². The van der Waals surface area contributed by atoms with Gasteiger partial charge in [0.2, 0.25) is 12.2 Å². The summed E-state index contributed by atoms with van der Waals surface area (Å²) in [6, 6.07) is 0. The zero-order chi connectivity index (χ0) is 20.9. The molecule has 0 heterocycles. The monoisotopic (exact) mass is 779 g/mol. The van der Waals surface area contributed by atoms with E-state index >= 15 is 0 Å². The van der Waals surface area contributed by atoms with Gasteiger partial charge < -0.3 is 18.9 Å². The van der Waals surface area contributed by atoms with Gasteiger partial charge in [0.15, 0.2) is 0 Å². The molecular weight excluding hydrogens is 748 g/mol. The molecule has 6 fully saturated rings. The molecule has 0 saturated heterocycles. The minimum atomic E-state index is -0.278. The van der Waals surface area contributed by atoms with E-state index in [0.29, 0.717) is 0 Å². The average molecular weight is 779 g/mol. The molecule has 0 atom stereocenters. The molecule has 6 aliphatic rings. The van der Waals surface area contributed by atoms with Gasteiger partial charge in [-0.05, 0) is 77.0 Å². The van der Waals surface area contributed by atoms with Crippen LogP contribution in [0.3, 0.4) is 0 Å². The molecule has 4 bridgehead atoms. The fourth-order valence-corrected chi connectivity index (χ4v) is 4.92. The van der Waals surface area contributed by atoms with E-state index in [0.717, 1.165) is 77.0 Å². The van der Waals surface area contributed by atoms with E-state index in [1.807, 2.05) is 0 Å². The second-order valence-corrected chi connectivity index (χ2v) is 44.1. The summed E-state index contributed by atoms with van der Waals surface area (Å²) in [4.78, 5) is 28.1. The van der Waals surface area contributed by atoms with Gasteiger partial charge in [0.25, 0.3) is 0 Å². The molecule has 0 unspecified atom stereocenters. The Morgan fingerprint density at radius 1 is 0.621 bits per heavy atom. The van der Waals surface area contributed by atoms with Crippen LogP contribution in [0.1, 0.15) is 77.0 Å². The Morgan fingerprint density at radius 3 is 1.00 bits per heavy atom. The number of fused-ring (bicyclic) bond motifs is 6. The van der Waals surface area contributed by atoms with E-state index in [-0.39, 0.29) is 34.5 Å². The van der Waals surface area contributed by atoms with Crippen molar-refractivity contribution in [1.29, 1.82) is 0 Å². The first-order chi connectivity index (χ1) is 13.1. The zero-order valence-corrected chi connectivity index (χ0v) is 24.8. The van der Waals surface area contributed by atoms with Gasteiger partial charge >= 0.3 is 64.9 Å². The van der Waals surface area contributed by atoms with Crippen LogP contribution in [-0.2, 0) is 14.5 Å². The third-order valence-corrected chi connectivity index (χ3v) is 7.10. The summed E-state index contributed by atoms with van der Waals surface area (Å²) in [6.07, 6.45) is 15.4. The van der Waals surface area contributed by atoms with E-state index in [9.17, 15) is 9.59 Å². The Balaban J connectivity index is 0.000000246. The number of hydrogen-bond acceptors (Lipinski definition) is 6. The molecule has 6 rings (SSSR count). The fourth-order valence-electron chi connectivity index (χ4n) is 4.92. The number of hydrogen-bond donors (Lipinski definition) is 2. The van der Waals surface area contributed by atoms with Gasteiger partial charge in [-0.2, -0.15) is 9.98 Å². The van der Waals surface area contributed by atoms with Crippen LogP contribution in [0.15, 0.2) is 9.98 Å². The Labute approximate surface area is 212 Å².